The Morgan fingerprint density at radius 2 is 2.20 bits per heavy atom. The topological polar surface area (TPSA) is 51.3 Å². The maximum absolute atomic E-state index is 5.74. The molecule has 4 heteroatoms. The molecule has 0 radical (unpaired) electrons. The molecule has 1 aromatic rings. The molecule has 0 amide bonds. The zero-order chi connectivity index (χ0) is 10.7. The summed E-state index contributed by atoms with van der Waals surface area (Å²) in [6.45, 7) is 2.17. The number of hydrogen-bond donors (Lipinski definition) is 1. The lowest BCUT2D eigenvalue weighted by Crippen LogP contribution is -2.29. The third kappa shape index (κ3) is 2.31. The number of thioether (sulfide) groups is 1. The molecule has 0 fully saturated rings. The van der Waals surface area contributed by atoms with Gasteiger partial charge < -0.3 is 5.73 Å². The lowest BCUT2D eigenvalue weighted by atomic mass is 9.91. The van der Waals surface area contributed by atoms with Crippen molar-refractivity contribution < 1.29 is 0 Å². The Morgan fingerprint density at radius 3 is 2.73 bits per heavy atom. The van der Waals surface area contributed by atoms with Crippen LogP contribution in [-0.4, -0.2) is 21.4 Å². The van der Waals surface area contributed by atoms with Gasteiger partial charge in [0, 0.05) is 18.1 Å². The highest BCUT2D eigenvalue weighted by Crippen LogP contribution is 2.32. The second-order valence-corrected chi connectivity index (χ2v) is 4.84. The molecule has 1 aliphatic heterocycles. The van der Waals surface area contributed by atoms with Gasteiger partial charge in [0.15, 0.2) is 5.17 Å². The second kappa shape index (κ2) is 4.23. The Kier molecular flexibility index (Phi) is 2.95. The van der Waals surface area contributed by atoms with E-state index in [9.17, 15) is 0 Å². The molecule has 0 saturated heterocycles. The van der Waals surface area contributed by atoms with Crippen LogP contribution in [0.2, 0.25) is 0 Å². The Bertz CT molecular complexity index is 363. The third-order valence-electron chi connectivity index (χ3n) is 2.78. The summed E-state index contributed by atoms with van der Waals surface area (Å²) in [5, 5.41) is 0.728. The summed E-state index contributed by atoms with van der Waals surface area (Å²) in [5.74, 6) is 0.998. The first-order valence-corrected chi connectivity index (χ1v) is 6.10. The first kappa shape index (κ1) is 10.5. The summed E-state index contributed by atoms with van der Waals surface area (Å²) in [6.07, 6.45) is 5.64. The van der Waals surface area contributed by atoms with Crippen molar-refractivity contribution in [3.8, 4) is 0 Å². The first-order chi connectivity index (χ1) is 7.24. The molecule has 15 heavy (non-hydrogen) atoms. The van der Waals surface area contributed by atoms with Crippen molar-refractivity contribution in [3.63, 3.8) is 0 Å². The number of rotatable bonds is 3. The molecule has 0 aromatic carbocycles. The van der Waals surface area contributed by atoms with Gasteiger partial charge >= 0.3 is 0 Å². The summed E-state index contributed by atoms with van der Waals surface area (Å²) in [5.41, 5.74) is 7.03. The van der Waals surface area contributed by atoms with Crippen LogP contribution in [0, 0.1) is 0 Å². The summed E-state index contributed by atoms with van der Waals surface area (Å²) in [4.78, 5) is 8.59. The molecule has 0 aliphatic carbocycles. The number of aromatic nitrogens is 1. The van der Waals surface area contributed by atoms with Gasteiger partial charge in [-0.25, -0.2) is 0 Å². The third-order valence-corrected chi connectivity index (χ3v) is 3.85. The van der Waals surface area contributed by atoms with Gasteiger partial charge in [-0.15, -0.1) is 0 Å². The Morgan fingerprint density at radius 1 is 1.47 bits per heavy atom. The molecule has 2 N–H and O–H groups in total. The minimum Gasteiger partial charge on any atom is -0.379 e. The minimum atomic E-state index is 0.0100. The van der Waals surface area contributed by atoms with Gasteiger partial charge in [0.2, 0.25) is 0 Å². The molecule has 1 unspecified atom stereocenters. The summed E-state index contributed by atoms with van der Waals surface area (Å²) >= 11 is 1.66. The van der Waals surface area contributed by atoms with E-state index in [4.69, 9.17) is 5.73 Å². The largest absolute Gasteiger partial charge is 0.379 e. The quantitative estimate of drug-likeness (QED) is 0.847. The van der Waals surface area contributed by atoms with Crippen LogP contribution in [0.25, 0.3) is 0 Å². The predicted octanol–water partition coefficient (Wildman–Crippen LogP) is 1.83. The lowest BCUT2D eigenvalue weighted by Gasteiger charge is -2.23. The van der Waals surface area contributed by atoms with Crippen LogP contribution in [-0.2, 0) is 6.42 Å². The molecule has 1 atom stereocenters. The second-order valence-electron chi connectivity index (χ2n) is 3.85. The highest BCUT2D eigenvalue weighted by atomic mass is 32.2. The van der Waals surface area contributed by atoms with E-state index in [1.54, 1.807) is 11.8 Å². The predicted molar refractivity (Wildman–Crippen MR) is 65.0 cm³/mol. The van der Waals surface area contributed by atoms with Gasteiger partial charge in [-0.05, 0) is 30.5 Å². The van der Waals surface area contributed by atoms with E-state index in [1.165, 1.54) is 5.56 Å². The van der Waals surface area contributed by atoms with Crippen LogP contribution in [0.15, 0.2) is 29.5 Å². The van der Waals surface area contributed by atoms with Gasteiger partial charge in [-0.3, -0.25) is 9.98 Å². The van der Waals surface area contributed by atoms with Crippen molar-refractivity contribution in [1.29, 1.82) is 0 Å². The Hall–Kier alpha value is -1.03. The monoisotopic (exact) mass is 221 g/mol. The molecule has 1 aromatic heterocycles. The maximum atomic E-state index is 5.74. The normalized spacial score (nSPS) is 25.3. The average Bonchev–Trinajstić information content (AvgIpc) is 2.62. The average molecular weight is 221 g/mol. The molecule has 2 rings (SSSR count). The van der Waals surface area contributed by atoms with E-state index in [-0.39, 0.29) is 5.54 Å². The van der Waals surface area contributed by atoms with E-state index in [0.29, 0.717) is 0 Å². The van der Waals surface area contributed by atoms with E-state index < -0.39 is 0 Å². The van der Waals surface area contributed by atoms with Crippen molar-refractivity contribution in [2.24, 2.45) is 10.7 Å². The number of nitrogens with zero attached hydrogens (tertiary/aromatic N) is 2. The summed E-state index contributed by atoms with van der Waals surface area (Å²) in [7, 11) is 0. The number of aliphatic imine (C=N–C) groups is 1. The molecular weight excluding hydrogens is 206 g/mol. The van der Waals surface area contributed by atoms with E-state index >= 15 is 0 Å². The van der Waals surface area contributed by atoms with Crippen LogP contribution in [0.4, 0.5) is 0 Å². The Balaban J connectivity index is 2.16. The number of pyridine rings is 1. The van der Waals surface area contributed by atoms with Crippen molar-refractivity contribution in [2.75, 3.05) is 5.75 Å². The fourth-order valence-corrected chi connectivity index (χ4v) is 2.83. The van der Waals surface area contributed by atoms with Crippen molar-refractivity contribution in [3.05, 3.63) is 30.1 Å². The van der Waals surface area contributed by atoms with Crippen LogP contribution in [0.5, 0.6) is 0 Å². The van der Waals surface area contributed by atoms with E-state index in [2.05, 4.69) is 16.9 Å². The van der Waals surface area contributed by atoms with E-state index in [0.717, 1.165) is 23.8 Å². The number of hydrogen-bond acceptors (Lipinski definition) is 4. The van der Waals surface area contributed by atoms with Gasteiger partial charge in [-0.1, -0.05) is 18.7 Å². The number of nitrogens with two attached hydrogens (primary N) is 1. The molecule has 2 heterocycles. The molecule has 0 saturated carbocycles. The zero-order valence-electron chi connectivity index (χ0n) is 8.81. The van der Waals surface area contributed by atoms with Crippen LogP contribution < -0.4 is 5.73 Å². The van der Waals surface area contributed by atoms with Gasteiger partial charge in [0.25, 0.3) is 0 Å². The SMILES string of the molecule is CCC1(Cc2ccncc2)CSC(N)=N1. The van der Waals surface area contributed by atoms with Crippen molar-refractivity contribution in [1.82, 2.24) is 4.98 Å². The minimum absolute atomic E-state index is 0.0100. The summed E-state index contributed by atoms with van der Waals surface area (Å²) < 4.78 is 0. The molecular formula is C11H15N3S. The highest BCUT2D eigenvalue weighted by molar-refractivity contribution is 8.14. The molecule has 1 aliphatic rings. The van der Waals surface area contributed by atoms with Gasteiger partial charge in [0.05, 0.1) is 5.54 Å². The van der Waals surface area contributed by atoms with Crippen LogP contribution in [0.1, 0.15) is 18.9 Å². The van der Waals surface area contributed by atoms with Crippen molar-refractivity contribution in [2.45, 2.75) is 25.3 Å². The fourth-order valence-electron chi connectivity index (χ4n) is 1.78. The number of amidine groups is 1. The van der Waals surface area contributed by atoms with Gasteiger partial charge in [-0.2, -0.15) is 0 Å². The Labute approximate surface area is 94.2 Å². The van der Waals surface area contributed by atoms with Crippen LogP contribution >= 0.6 is 11.8 Å². The highest BCUT2D eigenvalue weighted by Gasteiger charge is 2.33. The molecule has 80 valence electrons. The maximum Gasteiger partial charge on any atom is 0.154 e. The smallest absolute Gasteiger partial charge is 0.154 e. The molecule has 0 bridgehead atoms. The van der Waals surface area contributed by atoms with Crippen molar-refractivity contribution >= 4 is 16.9 Å². The standard InChI is InChI=1S/C11H15N3S/c1-2-11(8-15-10(12)14-11)7-9-3-5-13-6-4-9/h3-6H,2,7-8H2,1H3,(H2,12,14). The van der Waals surface area contributed by atoms with E-state index in [1.807, 2.05) is 24.5 Å². The molecule has 0 spiro atoms. The zero-order valence-corrected chi connectivity index (χ0v) is 9.63. The fraction of sp³-hybridized carbons (Fsp3) is 0.455. The summed E-state index contributed by atoms with van der Waals surface area (Å²) in [6, 6.07) is 4.10. The molecule has 3 nitrogen and oxygen atoms in total. The van der Waals surface area contributed by atoms with Gasteiger partial charge in [0.1, 0.15) is 0 Å². The van der Waals surface area contributed by atoms with Crippen LogP contribution in [0.3, 0.4) is 0 Å². The lowest BCUT2D eigenvalue weighted by molar-refractivity contribution is 0.469. The first-order valence-electron chi connectivity index (χ1n) is 5.11.